The fourth-order valence-corrected chi connectivity index (χ4v) is 3.03. The van der Waals surface area contributed by atoms with Crippen molar-refractivity contribution in [3.05, 3.63) is 36.0 Å². The number of aliphatic hydroxyl groups is 1. The van der Waals surface area contributed by atoms with E-state index in [-0.39, 0.29) is 17.9 Å². The third-order valence-corrected chi connectivity index (χ3v) is 4.20. The molecule has 1 aliphatic carbocycles. The lowest BCUT2D eigenvalue weighted by Gasteiger charge is -2.15. The summed E-state index contributed by atoms with van der Waals surface area (Å²) in [4.78, 5) is 4.19. The Morgan fingerprint density at radius 3 is 3.09 bits per heavy atom. The van der Waals surface area contributed by atoms with E-state index in [1.165, 1.54) is 0 Å². The largest absolute Gasteiger partial charge is 0.393 e. The number of aryl methyl sites for hydroxylation is 1. The Morgan fingerprint density at radius 1 is 1.50 bits per heavy atom. The van der Waals surface area contributed by atoms with E-state index >= 15 is 0 Å². The van der Waals surface area contributed by atoms with Gasteiger partial charge in [0, 0.05) is 31.6 Å². The normalized spacial score (nSPS) is 24.1. The molecule has 1 saturated carbocycles. The van der Waals surface area contributed by atoms with Gasteiger partial charge in [0.2, 0.25) is 0 Å². The quantitative estimate of drug-likeness (QED) is 0.875. The fourth-order valence-electron chi connectivity index (χ4n) is 3.03. The van der Waals surface area contributed by atoms with Crippen molar-refractivity contribution in [2.75, 3.05) is 11.9 Å². The number of nitriles is 1. The lowest BCUT2D eigenvalue weighted by molar-refractivity contribution is 0.137. The van der Waals surface area contributed by atoms with Crippen LogP contribution in [-0.2, 0) is 7.05 Å². The first-order valence-corrected chi connectivity index (χ1v) is 7.29. The van der Waals surface area contributed by atoms with E-state index in [4.69, 9.17) is 5.26 Å². The zero-order valence-electron chi connectivity index (χ0n) is 12.3. The Bertz CT molecular complexity index is 691. The number of nitrogens with zero attached hydrogens (tertiary/aromatic N) is 5. The molecule has 7 heteroatoms. The first-order valence-electron chi connectivity index (χ1n) is 7.29. The van der Waals surface area contributed by atoms with Crippen molar-refractivity contribution in [1.82, 2.24) is 19.7 Å². The highest BCUT2D eigenvalue weighted by molar-refractivity contribution is 5.42. The second kappa shape index (κ2) is 6.12. The van der Waals surface area contributed by atoms with E-state index in [0.29, 0.717) is 24.3 Å². The molecule has 0 aromatic carbocycles. The van der Waals surface area contributed by atoms with Gasteiger partial charge in [-0.3, -0.25) is 0 Å². The first-order chi connectivity index (χ1) is 10.7. The molecule has 2 aromatic rings. The van der Waals surface area contributed by atoms with Gasteiger partial charge in [-0.2, -0.15) is 5.26 Å². The van der Waals surface area contributed by atoms with Gasteiger partial charge in [-0.05, 0) is 25.0 Å². The zero-order chi connectivity index (χ0) is 15.5. The van der Waals surface area contributed by atoms with Crippen LogP contribution < -0.4 is 5.32 Å². The molecule has 7 nitrogen and oxygen atoms in total. The number of pyridine rings is 1. The molecular formula is C15H18N6O. The lowest BCUT2D eigenvalue weighted by atomic mass is 10.0. The summed E-state index contributed by atoms with van der Waals surface area (Å²) in [6.45, 7) is 0.622. The average Bonchev–Trinajstić information content (AvgIpc) is 3.11. The SMILES string of the molecule is Cn1cnnc1[C@H]1C[C@H](CNc2cc(C#N)ccn2)[C@H](O)C1. The molecule has 2 heterocycles. The molecule has 0 amide bonds. The van der Waals surface area contributed by atoms with E-state index in [1.54, 1.807) is 24.7 Å². The molecule has 1 fully saturated rings. The number of aliphatic hydroxyl groups excluding tert-OH is 1. The average molecular weight is 298 g/mol. The van der Waals surface area contributed by atoms with Crippen LogP contribution >= 0.6 is 0 Å². The number of hydrogen-bond donors (Lipinski definition) is 2. The van der Waals surface area contributed by atoms with Crippen molar-refractivity contribution < 1.29 is 5.11 Å². The summed E-state index contributed by atoms with van der Waals surface area (Å²) < 4.78 is 1.91. The van der Waals surface area contributed by atoms with Crippen LogP contribution in [0.3, 0.4) is 0 Å². The standard InChI is InChI=1S/C15H18N6O/c1-21-9-19-20-15(21)11-5-12(13(22)6-11)8-18-14-4-10(7-16)2-3-17-14/h2-4,9,11-13,22H,5-6,8H2,1H3,(H,17,18)/t11-,12+,13+/m0/s1. The minimum atomic E-state index is -0.367. The van der Waals surface area contributed by atoms with Crippen LogP contribution in [0.2, 0.25) is 0 Å². The summed E-state index contributed by atoms with van der Waals surface area (Å²) in [5.74, 6) is 1.95. The third-order valence-electron chi connectivity index (χ3n) is 4.20. The summed E-state index contributed by atoms with van der Waals surface area (Å²) in [5.41, 5.74) is 0.571. The fraction of sp³-hybridized carbons (Fsp3) is 0.467. The predicted octanol–water partition coefficient (Wildman–Crippen LogP) is 1.05. The molecule has 3 rings (SSSR count). The van der Waals surface area contributed by atoms with Crippen LogP contribution in [0.1, 0.15) is 30.1 Å². The topological polar surface area (TPSA) is 99.7 Å². The van der Waals surface area contributed by atoms with Gasteiger partial charge in [0.05, 0.1) is 17.7 Å². The smallest absolute Gasteiger partial charge is 0.135 e. The second-order valence-electron chi connectivity index (χ2n) is 5.72. The van der Waals surface area contributed by atoms with Gasteiger partial charge >= 0.3 is 0 Å². The van der Waals surface area contributed by atoms with Crippen LogP contribution in [0, 0.1) is 17.2 Å². The van der Waals surface area contributed by atoms with Crippen molar-refractivity contribution in [2.24, 2.45) is 13.0 Å². The number of hydrogen-bond acceptors (Lipinski definition) is 6. The van der Waals surface area contributed by atoms with E-state index in [2.05, 4.69) is 26.6 Å². The molecule has 22 heavy (non-hydrogen) atoms. The van der Waals surface area contributed by atoms with Crippen molar-refractivity contribution >= 4 is 5.82 Å². The molecule has 0 unspecified atom stereocenters. The molecule has 0 bridgehead atoms. The van der Waals surface area contributed by atoms with Gasteiger partial charge in [0.15, 0.2) is 0 Å². The third kappa shape index (κ3) is 2.92. The van der Waals surface area contributed by atoms with Gasteiger partial charge in [0.25, 0.3) is 0 Å². The lowest BCUT2D eigenvalue weighted by Crippen LogP contribution is -2.22. The predicted molar refractivity (Wildman–Crippen MR) is 79.9 cm³/mol. The highest BCUT2D eigenvalue weighted by Crippen LogP contribution is 2.37. The molecule has 0 radical (unpaired) electrons. The van der Waals surface area contributed by atoms with E-state index in [1.807, 2.05) is 11.6 Å². The molecule has 114 valence electrons. The van der Waals surface area contributed by atoms with Gasteiger partial charge in [0.1, 0.15) is 18.0 Å². The molecule has 0 aliphatic heterocycles. The van der Waals surface area contributed by atoms with Crippen molar-refractivity contribution in [1.29, 1.82) is 5.26 Å². The Morgan fingerprint density at radius 2 is 2.36 bits per heavy atom. The maximum atomic E-state index is 10.3. The molecule has 2 aromatic heterocycles. The Balaban J connectivity index is 1.61. The maximum absolute atomic E-state index is 10.3. The van der Waals surface area contributed by atoms with Crippen molar-refractivity contribution in [2.45, 2.75) is 24.9 Å². The monoisotopic (exact) mass is 298 g/mol. The van der Waals surface area contributed by atoms with Crippen LogP contribution in [0.15, 0.2) is 24.7 Å². The van der Waals surface area contributed by atoms with Crippen LogP contribution in [0.4, 0.5) is 5.82 Å². The molecule has 2 N–H and O–H groups in total. The minimum Gasteiger partial charge on any atom is -0.393 e. The Labute approximate surface area is 128 Å². The summed E-state index contributed by atoms with van der Waals surface area (Å²) in [6.07, 6.45) is 4.48. The van der Waals surface area contributed by atoms with Crippen LogP contribution in [-0.4, -0.2) is 37.5 Å². The maximum Gasteiger partial charge on any atom is 0.135 e. The molecule has 1 aliphatic rings. The van der Waals surface area contributed by atoms with Gasteiger partial charge < -0.3 is 15.0 Å². The summed E-state index contributed by atoms with van der Waals surface area (Å²) in [6, 6.07) is 5.46. The second-order valence-corrected chi connectivity index (χ2v) is 5.72. The summed E-state index contributed by atoms with van der Waals surface area (Å²) >= 11 is 0. The number of rotatable bonds is 4. The van der Waals surface area contributed by atoms with Crippen LogP contribution in [0.25, 0.3) is 0 Å². The first kappa shape index (κ1) is 14.5. The highest BCUT2D eigenvalue weighted by Gasteiger charge is 2.35. The van der Waals surface area contributed by atoms with E-state index in [9.17, 15) is 5.11 Å². The number of aromatic nitrogens is 4. The van der Waals surface area contributed by atoms with Crippen LogP contribution in [0.5, 0.6) is 0 Å². The van der Waals surface area contributed by atoms with Crippen molar-refractivity contribution in [3.63, 3.8) is 0 Å². The van der Waals surface area contributed by atoms with Gasteiger partial charge in [-0.25, -0.2) is 4.98 Å². The zero-order valence-corrected chi connectivity index (χ0v) is 12.3. The van der Waals surface area contributed by atoms with Gasteiger partial charge in [-0.15, -0.1) is 10.2 Å². The Hall–Kier alpha value is -2.46. The molecular weight excluding hydrogens is 280 g/mol. The van der Waals surface area contributed by atoms with Crippen molar-refractivity contribution in [3.8, 4) is 6.07 Å². The van der Waals surface area contributed by atoms with Gasteiger partial charge in [-0.1, -0.05) is 0 Å². The summed E-state index contributed by atoms with van der Waals surface area (Å²) in [7, 11) is 1.92. The summed E-state index contributed by atoms with van der Waals surface area (Å²) in [5, 5.41) is 30.4. The molecule has 0 saturated heterocycles. The number of anilines is 1. The molecule has 0 spiro atoms. The highest BCUT2D eigenvalue weighted by atomic mass is 16.3. The minimum absolute atomic E-state index is 0.134. The van der Waals surface area contributed by atoms with E-state index in [0.717, 1.165) is 12.2 Å². The number of nitrogens with one attached hydrogen (secondary N) is 1. The Kier molecular flexibility index (Phi) is 4.02. The van der Waals surface area contributed by atoms with E-state index < -0.39 is 0 Å². The molecule has 3 atom stereocenters.